The zero-order valence-electron chi connectivity index (χ0n) is 10.8. The molecular formula is C15H14ClNO3. The molecule has 0 saturated heterocycles. The number of hydrogen-bond acceptors (Lipinski definition) is 4. The molecular weight excluding hydrogens is 278 g/mol. The van der Waals surface area contributed by atoms with E-state index in [1.807, 2.05) is 42.5 Å². The largest absolute Gasteiger partial charge is 0.454 e. The third-order valence-electron chi connectivity index (χ3n) is 2.95. The van der Waals surface area contributed by atoms with Crippen LogP contribution in [-0.2, 0) is 18.0 Å². The first-order chi connectivity index (χ1) is 9.83. The van der Waals surface area contributed by atoms with Crippen LogP contribution in [-0.4, -0.2) is 6.79 Å². The van der Waals surface area contributed by atoms with Crippen molar-refractivity contribution in [3.8, 4) is 11.5 Å². The molecule has 1 aliphatic rings. The lowest BCUT2D eigenvalue weighted by Crippen LogP contribution is -2.13. The molecule has 0 unspecified atom stereocenters. The molecule has 0 aromatic heterocycles. The van der Waals surface area contributed by atoms with E-state index in [2.05, 4.69) is 5.48 Å². The average molecular weight is 292 g/mol. The molecule has 0 spiro atoms. The predicted octanol–water partition coefficient (Wildman–Crippen LogP) is 3.29. The number of ether oxygens (including phenoxy) is 2. The highest BCUT2D eigenvalue weighted by Gasteiger charge is 2.17. The van der Waals surface area contributed by atoms with Crippen molar-refractivity contribution >= 4 is 11.6 Å². The number of benzene rings is 2. The summed E-state index contributed by atoms with van der Waals surface area (Å²) in [6.45, 7) is 1.28. The summed E-state index contributed by atoms with van der Waals surface area (Å²) < 4.78 is 10.6. The maximum absolute atomic E-state index is 6.11. The third-order valence-corrected chi connectivity index (χ3v) is 3.23. The molecule has 0 fully saturated rings. The Bertz CT molecular complexity index is 589. The second-order valence-electron chi connectivity index (χ2n) is 4.41. The first kappa shape index (κ1) is 13.2. The van der Waals surface area contributed by atoms with E-state index in [0.717, 1.165) is 11.1 Å². The fourth-order valence-corrected chi connectivity index (χ4v) is 2.25. The fourth-order valence-electron chi connectivity index (χ4n) is 1.97. The lowest BCUT2D eigenvalue weighted by Gasteiger charge is -2.08. The van der Waals surface area contributed by atoms with Gasteiger partial charge in [-0.3, -0.25) is 4.84 Å². The quantitative estimate of drug-likeness (QED) is 0.678. The summed E-state index contributed by atoms with van der Waals surface area (Å²) in [6, 6.07) is 13.7. The van der Waals surface area contributed by atoms with E-state index in [9.17, 15) is 0 Å². The Morgan fingerprint density at radius 2 is 1.95 bits per heavy atom. The summed E-state index contributed by atoms with van der Waals surface area (Å²) in [5, 5.41) is 0.555. The normalized spacial score (nSPS) is 12.7. The van der Waals surface area contributed by atoms with E-state index < -0.39 is 0 Å². The van der Waals surface area contributed by atoms with Gasteiger partial charge in [-0.15, -0.1) is 0 Å². The van der Waals surface area contributed by atoms with Crippen molar-refractivity contribution < 1.29 is 14.3 Å². The van der Waals surface area contributed by atoms with Gasteiger partial charge in [0.25, 0.3) is 0 Å². The molecule has 2 aromatic rings. The van der Waals surface area contributed by atoms with Gasteiger partial charge in [-0.05, 0) is 23.3 Å². The highest BCUT2D eigenvalue weighted by Crippen LogP contribution is 2.39. The molecule has 2 aromatic carbocycles. The lowest BCUT2D eigenvalue weighted by molar-refractivity contribution is 0.0235. The first-order valence-electron chi connectivity index (χ1n) is 6.29. The van der Waals surface area contributed by atoms with Crippen molar-refractivity contribution in [1.82, 2.24) is 5.48 Å². The Labute approximate surface area is 122 Å². The monoisotopic (exact) mass is 291 g/mol. The number of nitrogens with one attached hydrogen (secondary N) is 1. The summed E-state index contributed by atoms with van der Waals surface area (Å²) in [7, 11) is 0. The average Bonchev–Trinajstić information content (AvgIpc) is 2.94. The molecule has 0 aliphatic carbocycles. The Morgan fingerprint density at radius 3 is 2.80 bits per heavy atom. The number of hydroxylamine groups is 1. The molecule has 4 nitrogen and oxygen atoms in total. The standard InChI is InChI=1S/C15H14ClNO3/c16-13-6-12(7-14-15(13)19-10-18-14)8-17-20-9-11-4-2-1-3-5-11/h1-7,17H,8-10H2. The van der Waals surface area contributed by atoms with Gasteiger partial charge >= 0.3 is 0 Å². The molecule has 0 radical (unpaired) electrons. The summed E-state index contributed by atoms with van der Waals surface area (Å²) >= 11 is 6.11. The van der Waals surface area contributed by atoms with Gasteiger partial charge in [0, 0.05) is 6.54 Å². The summed E-state index contributed by atoms with van der Waals surface area (Å²) in [4.78, 5) is 5.42. The van der Waals surface area contributed by atoms with Crippen molar-refractivity contribution in [2.24, 2.45) is 0 Å². The van der Waals surface area contributed by atoms with Crippen molar-refractivity contribution in [3.63, 3.8) is 0 Å². The van der Waals surface area contributed by atoms with E-state index in [4.69, 9.17) is 25.9 Å². The minimum absolute atomic E-state index is 0.219. The number of hydrogen-bond donors (Lipinski definition) is 1. The highest BCUT2D eigenvalue weighted by molar-refractivity contribution is 6.32. The Morgan fingerprint density at radius 1 is 1.10 bits per heavy atom. The number of fused-ring (bicyclic) bond motifs is 1. The molecule has 0 amide bonds. The summed E-state index contributed by atoms with van der Waals surface area (Å²) in [6.07, 6.45) is 0. The van der Waals surface area contributed by atoms with E-state index in [-0.39, 0.29) is 6.79 Å². The van der Waals surface area contributed by atoms with Crippen molar-refractivity contribution in [1.29, 1.82) is 0 Å². The maximum Gasteiger partial charge on any atom is 0.231 e. The minimum atomic E-state index is 0.219. The maximum atomic E-state index is 6.11. The second-order valence-corrected chi connectivity index (χ2v) is 4.81. The van der Waals surface area contributed by atoms with Gasteiger partial charge < -0.3 is 9.47 Å². The van der Waals surface area contributed by atoms with E-state index in [1.54, 1.807) is 0 Å². The van der Waals surface area contributed by atoms with Crippen LogP contribution in [0.4, 0.5) is 0 Å². The van der Waals surface area contributed by atoms with E-state index >= 15 is 0 Å². The Balaban J connectivity index is 1.53. The van der Waals surface area contributed by atoms with E-state index in [0.29, 0.717) is 29.7 Å². The molecule has 3 rings (SSSR count). The van der Waals surface area contributed by atoms with Gasteiger partial charge in [0.1, 0.15) is 0 Å². The Hall–Kier alpha value is -1.75. The fraction of sp³-hybridized carbons (Fsp3) is 0.200. The van der Waals surface area contributed by atoms with Gasteiger partial charge in [-0.2, -0.15) is 5.48 Å². The molecule has 0 atom stereocenters. The molecule has 1 heterocycles. The van der Waals surface area contributed by atoms with Crippen LogP contribution in [0.1, 0.15) is 11.1 Å². The molecule has 1 aliphatic heterocycles. The number of rotatable bonds is 5. The zero-order chi connectivity index (χ0) is 13.8. The van der Waals surface area contributed by atoms with Crippen molar-refractivity contribution in [2.45, 2.75) is 13.2 Å². The molecule has 104 valence electrons. The van der Waals surface area contributed by atoms with Crippen LogP contribution in [0.25, 0.3) is 0 Å². The van der Waals surface area contributed by atoms with Crippen LogP contribution in [0.3, 0.4) is 0 Å². The SMILES string of the molecule is Clc1cc(CNOCc2ccccc2)cc2c1OCO2. The molecule has 5 heteroatoms. The molecule has 0 saturated carbocycles. The summed E-state index contributed by atoms with van der Waals surface area (Å²) in [5.74, 6) is 1.29. The van der Waals surface area contributed by atoms with Crippen LogP contribution in [0.2, 0.25) is 5.02 Å². The van der Waals surface area contributed by atoms with Crippen LogP contribution < -0.4 is 15.0 Å². The molecule has 1 N–H and O–H groups in total. The summed E-state index contributed by atoms with van der Waals surface area (Å²) in [5.41, 5.74) is 5.01. The highest BCUT2D eigenvalue weighted by atomic mass is 35.5. The lowest BCUT2D eigenvalue weighted by atomic mass is 10.2. The van der Waals surface area contributed by atoms with Gasteiger partial charge in [0.2, 0.25) is 6.79 Å². The van der Waals surface area contributed by atoms with Gasteiger partial charge in [0.15, 0.2) is 11.5 Å². The van der Waals surface area contributed by atoms with Crippen molar-refractivity contribution in [3.05, 3.63) is 58.6 Å². The third kappa shape index (κ3) is 3.04. The Kier molecular flexibility index (Phi) is 4.06. The van der Waals surface area contributed by atoms with Crippen LogP contribution in [0.15, 0.2) is 42.5 Å². The predicted molar refractivity (Wildman–Crippen MR) is 75.6 cm³/mol. The molecule has 20 heavy (non-hydrogen) atoms. The van der Waals surface area contributed by atoms with Gasteiger partial charge in [-0.1, -0.05) is 41.9 Å². The second kappa shape index (κ2) is 6.13. The van der Waals surface area contributed by atoms with Gasteiger partial charge in [-0.25, -0.2) is 0 Å². The first-order valence-corrected chi connectivity index (χ1v) is 6.67. The van der Waals surface area contributed by atoms with Crippen LogP contribution in [0.5, 0.6) is 11.5 Å². The molecule has 0 bridgehead atoms. The van der Waals surface area contributed by atoms with E-state index in [1.165, 1.54) is 0 Å². The smallest absolute Gasteiger partial charge is 0.231 e. The van der Waals surface area contributed by atoms with Crippen LogP contribution in [0, 0.1) is 0 Å². The van der Waals surface area contributed by atoms with Crippen LogP contribution >= 0.6 is 11.6 Å². The zero-order valence-corrected chi connectivity index (χ0v) is 11.5. The minimum Gasteiger partial charge on any atom is -0.454 e. The topological polar surface area (TPSA) is 39.7 Å². The van der Waals surface area contributed by atoms with Gasteiger partial charge in [0.05, 0.1) is 11.6 Å². The number of halogens is 1. The van der Waals surface area contributed by atoms with Crippen molar-refractivity contribution in [2.75, 3.05) is 6.79 Å².